The van der Waals surface area contributed by atoms with Gasteiger partial charge in [0.05, 0.1) is 55.8 Å². The number of aromatic nitrogens is 1. The summed E-state index contributed by atoms with van der Waals surface area (Å²) in [6.45, 7) is 0. The smallest absolute Gasteiger partial charge is 0.307 e. The van der Waals surface area contributed by atoms with Crippen molar-refractivity contribution in [3.63, 3.8) is 0 Å². The zero-order valence-electron chi connectivity index (χ0n) is 35.4. The minimum absolute atomic E-state index is 0.0671. The van der Waals surface area contributed by atoms with Gasteiger partial charge in [-0.15, -0.1) is 0 Å². The summed E-state index contributed by atoms with van der Waals surface area (Å²) in [5.74, 6) is -1.78. The summed E-state index contributed by atoms with van der Waals surface area (Å²) in [5, 5.41) is 0.134. The van der Waals surface area contributed by atoms with E-state index in [9.17, 15) is 57.5 Å². The predicted octanol–water partition coefficient (Wildman–Crippen LogP) is 16.3. The molecule has 0 N–H and O–H groups in total. The van der Waals surface area contributed by atoms with Gasteiger partial charge in [0.1, 0.15) is 0 Å². The molecule has 1 aliphatic heterocycles. The fraction of sp³-hybridized carbons (Fsp3) is 0.0741. The molecule has 0 radical (unpaired) electrons. The van der Waals surface area contributed by atoms with Crippen molar-refractivity contribution < 1.29 is 62.3 Å². The number of fused-ring (bicyclic) bond motifs is 4. The molecule has 2 amide bonds. The van der Waals surface area contributed by atoms with Gasteiger partial charge in [-0.05, 0) is 88.5 Å². The molecule has 0 atom stereocenters. The first-order valence-electron chi connectivity index (χ1n) is 21.0. The van der Waals surface area contributed by atoms with Crippen LogP contribution in [0.4, 0.5) is 58.4 Å². The van der Waals surface area contributed by atoms with E-state index in [0.29, 0.717) is 35.4 Å². The average molecular weight is 965 g/mol. The van der Waals surface area contributed by atoms with Gasteiger partial charge in [-0.2, -0.15) is 52.7 Å². The molecule has 0 saturated carbocycles. The number of amides is 2. The summed E-state index contributed by atoms with van der Waals surface area (Å²) < 4.78 is 174. The number of nitrogens with zero attached hydrogens (tertiary/aromatic N) is 2. The first-order chi connectivity index (χ1) is 33.1. The molecule has 0 unspecified atom stereocenters. The van der Waals surface area contributed by atoms with Gasteiger partial charge < -0.3 is 4.57 Å². The van der Waals surface area contributed by atoms with Crippen molar-refractivity contribution in [2.45, 2.75) is 24.7 Å². The lowest BCUT2D eigenvalue weighted by molar-refractivity contribution is -0.144. The van der Waals surface area contributed by atoms with E-state index >= 15 is 4.79 Å². The molecule has 70 heavy (non-hydrogen) atoms. The Morgan fingerprint density at radius 3 is 1.20 bits per heavy atom. The maximum absolute atomic E-state index is 15.3. The Labute approximate surface area is 388 Å². The summed E-state index contributed by atoms with van der Waals surface area (Å²) >= 11 is 0. The van der Waals surface area contributed by atoms with E-state index in [-0.39, 0.29) is 67.6 Å². The van der Waals surface area contributed by atoms with Crippen molar-refractivity contribution in [3.8, 4) is 50.2 Å². The normalized spacial score (nSPS) is 13.5. The van der Waals surface area contributed by atoms with Crippen LogP contribution in [-0.4, -0.2) is 16.4 Å². The Morgan fingerprint density at radius 2 is 0.743 bits per heavy atom. The molecule has 9 aromatic rings. The van der Waals surface area contributed by atoms with Crippen LogP contribution in [0.1, 0.15) is 43.0 Å². The molecule has 1 aromatic heterocycles. The molecule has 8 aromatic carbocycles. The summed E-state index contributed by atoms with van der Waals surface area (Å²) in [4.78, 5) is 30.9. The first kappa shape index (κ1) is 45.6. The third kappa shape index (κ3) is 7.82. The lowest BCUT2D eigenvalue weighted by atomic mass is 9.96. The Hall–Kier alpha value is -8.14. The van der Waals surface area contributed by atoms with E-state index in [2.05, 4.69) is 0 Å². The maximum atomic E-state index is 15.3. The van der Waals surface area contributed by atoms with E-state index in [4.69, 9.17) is 0 Å². The van der Waals surface area contributed by atoms with E-state index in [1.54, 1.807) is 48.5 Å². The zero-order chi connectivity index (χ0) is 49.7. The molecule has 1 aliphatic rings. The Kier molecular flexibility index (Phi) is 10.6. The number of rotatable bonds is 6. The number of anilines is 1. The molecule has 350 valence electrons. The highest BCUT2D eigenvalue weighted by Crippen LogP contribution is 2.48. The fourth-order valence-electron chi connectivity index (χ4n) is 9.11. The SMILES string of the molecule is O=C1c2cccc(-n3c4c(-c5cc(C(F)(F)F)cc(C(F)(F)F)c5)cccc4c4cccc(-c5cc(C(F)(F)F)cc(C(F)(F)F)c5)c43)c2C(=O)N1c1ccc(-c2ccccc2)cc1-c1ccccc1. The topological polar surface area (TPSA) is 42.3 Å². The van der Waals surface area contributed by atoms with Crippen LogP contribution in [0.25, 0.3) is 72.0 Å². The fourth-order valence-corrected chi connectivity index (χ4v) is 9.11. The molecule has 2 heterocycles. The molecular formula is C54H28F12N2O2. The van der Waals surface area contributed by atoms with Crippen LogP contribution in [0.15, 0.2) is 170 Å². The highest BCUT2D eigenvalue weighted by atomic mass is 19.4. The van der Waals surface area contributed by atoms with Gasteiger partial charge in [-0.25, -0.2) is 4.90 Å². The van der Waals surface area contributed by atoms with Crippen molar-refractivity contribution in [2.75, 3.05) is 4.90 Å². The van der Waals surface area contributed by atoms with Crippen molar-refractivity contribution >= 4 is 39.3 Å². The van der Waals surface area contributed by atoms with Gasteiger partial charge in [0.15, 0.2) is 0 Å². The number of imide groups is 1. The molecule has 0 fully saturated rings. The van der Waals surface area contributed by atoms with Crippen LogP contribution in [0.2, 0.25) is 0 Å². The number of para-hydroxylation sites is 2. The summed E-state index contributed by atoms with van der Waals surface area (Å²) in [5.41, 5.74) is -7.00. The summed E-state index contributed by atoms with van der Waals surface area (Å²) in [7, 11) is 0. The minimum Gasteiger partial charge on any atom is -0.307 e. The van der Waals surface area contributed by atoms with E-state index in [1.807, 2.05) is 30.3 Å². The molecule has 0 bridgehead atoms. The second-order valence-electron chi connectivity index (χ2n) is 16.4. The van der Waals surface area contributed by atoms with Crippen molar-refractivity contribution in [1.29, 1.82) is 0 Å². The molecule has 0 spiro atoms. The molecule has 10 rings (SSSR count). The van der Waals surface area contributed by atoms with Gasteiger partial charge in [0.25, 0.3) is 11.8 Å². The Morgan fingerprint density at radius 1 is 0.314 bits per heavy atom. The van der Waals surface area contributed by atoms with Crippen LogP contribution in [-0.2, 0) is 24.7 Å². The van der Waals surface area contributed by atoms with E-state index in [1.165, 1.54) is 59.2 Å². The van der Waals surface area contributed by atoms with Gasteiger partial charge in [0.2, 0.25) is 0 Å². The quantitative estimate of drug-likeness (QED) is 0.123. The van der Waals surface area contributed by atoms with Gasteiger partial charge >= 0.3 is 24.7 Å². The maximum Gasteiger partial charge on any atom is 0.416 e. The van der Waals surface area contributed by atoms with Crippen LogP contribution in [0.3, 0.4) is 0 Å². The molecule has 16 heteroatoms. The molecular weight excluding hydrogens is 937 g/mol. The lowest BCUT2D eigenvalue weighted by Crippen LogP contribution is -2.30. The standard InChI is InChI=1S/C54H28F12N2O2/c55-51(56,57)34-22-32(23-35(27-34)52(58,59)60)38-14-7-16-40-41-17-8-15-39(33-24-36(53(61,62)63)28-37(25-33)54(64,65)66)48(41)67(47(38)40)45-19-9-18-42-46(45)50(70)68(49(42)69)44-21-20-31(29-10-3-1-4-11-29)26-43(44)30-12-5-2-6-13-30/h1-28H. The largest absolute Gasteiger partial charge is 0.416 e. The Bertz CT molecular complexity index is 3390. The van der Waals surface area contributed by atoms with Crippen molar-refractivity contribution in [1.82, 2.24) is 4.57 Å². The van der Waals surface area contributed by atoms with Crippen molar-refractivity contribution in [2.24, 2.45) is 0 Å². The van der Waals surface area contributed by atoms with Gasteiger partial charge in [0, 0.05) is 27.5 Å². The van der Waals surface area contributed by atoms with Crippen LogP contribution < -0.4 is 4.90 Å². The highest BCUT2D eigenvalue weighted by Gasteiger charge is 2.42. The molecule has 0 aliphatic carbocycles. The monoisotopic (exact) mass is 964 g/mol. The second kappa shape index (κ2) is 16.2. The number of hydrogen-bond acceptors (Lipinski definition) is 2. The molecule has 4 nitrogen and oxygen atoms in total. The lowest BCUT2D eigenvalue weighted by Gasteiger charge is -2.20. The van der Waals surface area contributed by atoms with E-state index < -0.39 is 69.9 Å². The second-order valence-corrected chi connectivity index (χ2v) is 16.4. The van der Waals surface area contributed by atoms with Crippen LogP contribution >= 0.6 is 0 Å². The van der Waals surface area contributed by atoms with E-state index in [0.717, 1.165) is 16.0 Å². The van der Waals surface area contributed by atoms with Gasteiger partial charge in [-0.3, -0.25) is 9.59 Å². The predicted molar refractivity (Wildman–Crippen MR) is 240 cm³/mol. The minimum atomic E-state index is -5.29. The highest BCUT2D eigenvalue weighted by molar-refractivity contribution is 6.36. The first-order valence-corrected chi connectivity index (χ1v) is 21.0. The number of carbonyl (C=O) groups excluding carboxylic acids is 2. The van der Waals surface area contributed by atoms with Crippen LogP contribution in [0.5, 0.6) is 0 Å². The van der Waals surface area contributed by atoms with Crippen molar-refractivity contribution in [3.05, 3.63) is 203 Å². The number of benzene rings is 8. The third-order valence-corrected chi connectivity index (χ3v) is 12.2. The summed E-state index contributed by atoms with van der Waals surface area (Å²) in [6, 6.07) is 36.6. The number of halogens is 12. The molecule has 0 saturated heterocycles. The number of alkyl halides is 12. The average Bonchev–Trinajstić information content (AvgIpc) is 3.80. The number of carbonyl (C=O) groups is 2. The van der Waals surface area contributed by atoms with Gasteiger partial charge in [-0.1, -0.05) is 109 Å². The number of hydrogen-bond donors (Lipinski definition) is 0. The third-order valence-electron chi connectivity index (χ3n) is 12.2. The zero-order valence-corrected chi connectivity index (χ0v) is 35.4. The Balaban J connectivity index is 1.29. The summed E-state index contributed by atoms with van der Waals surface area (Å²) in [6.07, 6.45) is -21.2. The van der Waals surface area contributed by atoms with Crippen LogP contribution in [0, 0.1) is 0 Å².